The van der Waals surface area contributed by atoms with Crippen molar-refractivity contribution in [2.75, 3.05) is 31.3 Å². The van der Waals surface area contributed by atoms with E-state index in [1.807, 2.05) is 11.9 Å². The molecule has 6 heteroatoms. The number of nitrogens with one attached hydrogen (secondary N) is 1. The fraction of sp³-hybridized carbons (Fsp3) is 0.615. The molecule has 1 heterocycles. The lowest BCUT2D eigenvalue weighted by atomic mass is 9.92. The predicted molar refractivity (Wildman–Crippen MR) is 77.1 cm³/mol. The van der Waals surface area contributed by atoms with Gasteiger partial charge < -0.3 is 16.0 Å². The molecule has 0 saturated heterocycles. The van der Waals surface area contributed by atoms with Gasteiger partial charge in [0.05, 0.1) is 5.69 Å². The topological polar surface area (TPSA) is 84.1 Å². The summed E-state index contributed by atoms with van der Waals surface area (Å²) in [5.41, 5.74) is 6.62. The van der Waals surface area contributed by atoms with Gasteiger partial charge in [-0.05, 0) is 0 Å². The summed E-state index contributed by atoms with van der Waals surface area (Å²) in [6, 6.07) is 1.79. The van der Waals surface area contributed by atoms with Gasteiger partial charge >= 0.3 is 0 Å². The van der Waals surface area contributed by atoms with Crippen LogP contribution in [0.15, 0.2) is 6.07 Å². The molecule has 0 bridgehead atoms. The molecule has 1 rings (SSSR count). The lowest BCUT2D eigenvalue weighted by molar-refractivity contribution is -0.120. The molecular weight excluding hydrogens is 242 g/mol. The van der Waals surface area contributed by atoms with Crippen molar-refractivity contribution in [1.29, 1.82) is 0 Å². The third-order valence-electron chi connectivity index (χ3n) is 2.80. The van der Waals surface area contributed by atoms with Gasteiger partial charge in [-0.15, -0.1) is 0 Å². The molecule has 0 aromatic carbocycles. The van der Waals surface area contributed by atoms with Crippen LogP contribution in [-0.2, 0) is 10.2 Å². The molecule has 106 valence electrons. The number of amides is 1. The highest BCUT2D eigenvalue weighted by Gasteiger charge is 2.18. The first-order valence-corrected chi connectivity index (χ1v) is 6.31. The van der Waals surface area contributed by atoms with E-state index < -0.39 is 0 Å². The van der Waals surface area contributed by atoms with E-state index in [-0.39, 0.29) is 11.3 Å². The standard InChI is InChI=1S/C13H23N5O/c1-13(2,3)9-8-10(14)17-12(16-9)18(5)7-6-11(19)15-4/h8H,6-7H2,1-5H3,(H,15,19)(H2,14,16,17). The smallest absolute Gasteiger partial charge is 0.227 e. The summed E-state index contributed by atoms with van der Waals surface area (Å²) in [5, 5.41) is 2.59. The van der Waals surface area contributed by atoms with Gasteiger partial charge in [0.2, 0.25) is 11.9 Å². The molecular formula is C13H23N5O. The number of nitrogens with two attached hydrogens (primary N) is 1. The molecule has 0 aliphatic rings. The van der Waals surface area contributed by atoms with E-state index in [1.54, 1.807) is 13.1 Å². The van der Waals surface area contributed by atoms with Gasteiger partial charge in [-0.25, -0.2) is 4.98 Å². The molecule has 0 unspecified atom stereocenters. The maximum absolute atomic E-state index is 11.2. The first-order chi connectivity index (χ1) is 8.74. The minimum Gasteiger partial charge on any atom is -0.384 e. The van der Waals surface area contributed by atoms with Crippen LogP contribution >= 0.6 is 0 Å². The van der Waals surface area contributed by atoms with Crippen LogP contribution in [0.3, 0.4) is 0 Å². The average Bonchev–Trinajstić information content (AvgIpc) is 2.33. The maximum atomic E-state index is 11.2. The van der Waals surface area contributed by atoms with Crippen LogP contribution in [-0.4, -0.2) is 36.5 Å². The summed E-state index contributed by atoms with van der Waals surface area (Å²) in [4.78, 5) is 21.8. The van der Waals surface area contributed by atoms with Crippen molar-refractivity contribution in [3.05, 3.63) is 11.8 Å². The van der Waals surface area contributed by atoms with Crippen LogP contribution < -0.4 is 16.0 Å². The number of nitrogens with zero attached hydrogens (tertiary/aromatic N) is 3. The summed E-state index contributed by atoms with van der Waals surface area (Å²) in [6.07, 6.45) is 0.399. The molecule has 0 radical (unpaired) electrons. The number of nitrogen functional groups attached to an aromatic ring is 1. The largest absolute Gasteiger partial charge is 0.384 e. The monoisotopic (exact) mass is 265 g/mol. The van der Waals surface area contributed by atoms with Crippen molar-refractivity contribution < 1.29 is 4.79 Å². The molecule has 0 spiro atoms. The molecule has 1 aromatic heterocycles. The molecule has 1 amide bonds. The van der Waals surface area contributed by atoms with Gasteiger partial charge in [-0.1, -0.05) is 20.8 Å². The minimum absolute atomic E-state index is 0.00759. The molecule has 0 atom stereocenters. The number of anilines is 2. The van der Waals surface area contributed by atoms with Crippen molar-refractivity contribution >= 4 is 17.7 Å². The maximum Gasteiger partial charge on any atom is 0.227 e. The van der Waals surface area contributed by atoms with E-state index in [1.165, 1.54) is 0 Å². The number of hydrogen-bond acceptors (Lipinski definition) is 5. The normalized spacial score (nSPS) is 11.2. The Balaban J connectivity index is 2.88. The van der Waals surface area contributed by atoms with Gasteiger partial charge in [-0.2, -0.15) is 4.98 Å². The number of aromatic nitrogens is 2. The molecule has 1 aromatic rings. The van der Waals surface area contributed by atoms with Gasteiger partial charge in [0, 0.05) is 38.5 Å². The summed E-state index contributed by atoms with van der Waals surface area (Å²) < 4.78 is 0. The number of hydrogen-bond donors (Lipinski definition) is 2. The quantitative estimate of drug-likeness (QED) is 0.846. The molecule has 0 aliphatic heterocycles. The number of carbonyl (C=O) groups is 1. The lowest BCUT2D eigenvalue weighted by Crippen LogP contribution is -2.28. The SMILES string of the molecule is CNC(=O)CCN(C)c1nc(N)cc(C(C)(C)C)n1. The van der Waals surface area contributed by atoms with Gasteiger partial charge in [-0.3, -0.25) is 4.79 Å². The Bertz CT molecular complexity index is 453. The predicted octanol–water partition coefficient (Wildman–Crippen LogP) is 0.929. The summed E-state index contributed by atoms with van der Waals surface area (Å²) in [6.45, 7) is 6.77. The molecule has 0 saturated carbocycles. The molecule has 3 N–H and O–H groups in total. The van der Waals surface area contributed by atoms with E-state index in [0.717, 1.165) is 5.69 Å². The highest BCUT2D eigenvalue weighted by molar-refractivity contribution is 5.76. The highest BCUT2D eigenvalue weighted by Crippen LogP contribution is 2.23. The first kappa shape index (κ1) is 15.2. The van der Waals surface area contributed by atoms with Crippen LogP contribution in [0.1, 0.15) is 32.9 Å². The van der Waals surface area contributed by atoms with Crippen LogP contribution in [0.5, 0.6) is 0 Å². The van der Waals surface area contributed by atoms with E-state index in [4.69, 9.17) is 5.73 Å². The zero-order valence-electron chi connectivity index (χ0n) is 12.3. The highest BCUT2D eigenvalue weighted by atomic mass is 16.1. The second-order valence-corrected chi connectivity index (χ2v) is 5.57. The van der Waals surface area contributed by atoms with Crippen molar-refractivity contribution in [2.45, 2.75) is 32.6 Å². The Labute approximate surface area is 114 Å². The van der Waals surface area contributed by atoms with Crippen LogP contribution in [0.25, 0.3) is 0 Å². The molecule has 6 nitrogen and oxygen atoms in total. The first-order valence-electron chi connectivity index (χ1n) is 6.31. The Kier molecular flexibility index (Phi) is 4.69. The second kappa shape index (κ2) is 5.86. The van der Waals surface area contributed by atoms with Crippen LogP contribution in [0.2, 0.25) is 0 Å². The van der Waals surface area contributed by atoms with E-state index in [2.05, 4.69) is 36.1 Å². The number of carbonyl (C=O) groups excluding carboxylic acids is 1. The van der Waals surface area contributed by atoms with Crippen LogP contribution in [0.4, 0.5) is 11.8 Å². The van der Waals surface area contributed by atoms with Gasteiger partial charge in [0.25, 0.3) is 0 Å². The van der Waals surface area contributed by atoms with Crippen molar-refractivity contribution in [2.24, 2.45) is 0 Å². The fourth-order valence-corrected chi connectivity index (χ4v) is 1.50. The van der Waals surface area contributed by atoms with Crippen molar-refractivity contribution in [1.82, 2.24) is 15.3 Å². The van der Waals surface area contributed by atoms with E-state index in [0.29, 0.717) is 24.7 Å². The van der Waals surface area contributed by atoms with Gasteiger partial charge in [0.15, 0.2) is 0 Å². The third-order valence-corrected chi connectivity index (χ3v) is 2.80. The summed E-state index contributed by atoms with van der Waals surface area (Å²) in [7, 11) is 3.47. The van der Waals surface area contributed by atoms with E-state index >= 15 is 0 Å². The second-order valence-electron chi connectivity index (χ2n) is 5.57. The molecule has 0 aliphatic carbocycles. The third kappa shape index (κ3) is 4.39. The molecule has 19 heavy (non-hydrogen) atoms. The number of rotatable bonds is 4. The zero-order chi connectivity index (χ0) is 14.6. The van der Waals surface area contributed by atoms with Crippen LogP contribution in [0, 0.1) is 0 Å². The Morgan fingerprint density at radius 3 is 2.58 bits per heavy atom. The van der Waals surface area contributed by atoms with E-state index in [9.17, 15) is 4.79 Å². The Morgan fingerprint density at radius 1 is 1.42 bits per heavy atom. The minimum atomic E-state index is -0.0898. The fourth-order valence-electron chi connectivity index (χ4n) is 1.50. The van der Waals surface area contributed by atoms with Gasteiger partial charge in [0.1, 0.15) is 5.82 Å². The Hall–Kier alpha value is -1.85. The average molecular weight is 265 g/mol. The van der Waals surface area contributed by atoms with Crippen molar-refractivity contribution in [3.63, 3.8) is 0 Å². The molecule has 0 fully saturated rings. The summed E-state index contributed by atoms with van der Waals surface area (Å²) in [5.74, 6) is 0.988. The summed E-state index contributed by atoms with van der Waals surface area (Å²) >= 11 is 0. The zero-order valence-corrected chi connectivity index (χ0v) is 12.3. The van der Waals surface area contributed by atoms with Crippen molar-refractivity contribution in [3.8, 4) is 0 Å². The Morgan fingerprint density at radius 2 is 2.05 bits per heavy atom. The lowest BCUT2D eigenvalue weighted by Gasteiger charge is -2.22.